The highest BCUT2D eigenvalue weighted by Gasteiger charge is 2.10. The second-order valence-corrected chi connectivity index (χ2v) is 5.16. The van der Waals surface area contributed by atoms with E-state index in [4.69, 9.17) is 0 Å². The minimum absolute atomic E-state index is 0.190. The highest BCUT2D eigenvalue weighted by Crippen LogP contribution is 2.18. The van der Waals surface area contributed by atoms with Gasteiger partial charge in [0.1, 0.15) is 6.33 Å². The fraction of sp³-hybridized carbons (Fsp3) is 0.0588. The molecule has 0 unspecified atom stereocenters. The number of rotatable bonds is 2. The second kappa shape index (κ2) is 5.17. The van der Waals surface area contributed by atoms with E-state index in [0.29, 0.717) is 16.7 Å². The van der Waals surface area contributed by atoms with Crippen molar-refractivity contribution in [1.82, 2.24) is 24.3 Å². The van der Waals surface area contributed by atoms with Crippen LogP contribution in [-0.4, -0.2) is 24.3 Å². The molecular weight excluding hydrogens is 290 g/mol. The number of para-hydroxylation sites is 1. The van der Waals surface area contributed by atoms with Crippen LogP contribution in [0.1, 0.15) is 0 Å². The fourth-order valence-electron chi connectivity index (χ4n) is 2.54. The average molecular weight is 303 g/mol. The van der Waals surface area contributed by atoms with Gasteiger partial charge in [0.05, 0.1) is 22.6 Å². The van der Waals surface area contributed by atoms with Crippen molar-refractivity contribution in [2.45, 2.75) is 0 Å². The van der Waals surface area contributed by atoms with Gasteiger partial charge in [0.15, 0.2) is 5.52 Å². The zero-order chi connectivity index (χ0) is 15.8. The number of hydrogen-bond donors (Lipinski definition) is 0. The number of hydrogen-bond acceptors (Lipinski definition) is 4. The van der Waals surface area contributed by atoms with Gasteiger partial charge in [0, 0.05) is 13.2 Å². The predicted molar refractivity (Wildman–Crippen MR) is 87.3 cm³/mol. The zero-order valence-electron chi connectivity index (χ0n) is 12.4. The highest BCUT2D eigenvalue weighted by atomic mass is 16.1. The topological polar surface area (TPSA) is 65.6 Å². The first kappa shape index (κ1) is 13.4. The highest BCUT2D eigenvalue weighted by molar-refractivity contribution is 5.76. The standard InChI is InChI=1S/C17H13N5O/c1-21-15(9-10-19-21)13-7-8-14-16(20-13)17(23)22(11-18-14)12-5-3-2-4-6-12/h2-11H,1H3. The van der Waals surface area contributed by atoms with Gasteiger partial charge in [-0.3, -0.25) is 14.0 Å². The van der Waals surface area contributed by atoms with Gasteiger partial charge in [-0.25, -0.2) is 9.97 Å². The number of fused-ring (bicyclic) bond motifs is 1. The minimum Gasteiger partial charge on any atom is -0.266 e. The van der Waals surface area contributed by atoms with Crippen LogP contribution in [0.4, 0.5) is 0 Å². The summed E-state index contributed by atoms with van der Waals surface area (Å²) in [6, 6.07) is 14.9. The lowest BCUT2D eigenvalue weighted by molar-refractivity contribution is 0.773. The molecule has 0 fully saturated rings. The molecule has 0 bridgehead atoms. The maximum atomic E-state index is 12.8. The smallest absolute Gasteiger partial charge is 0.266 e. The van der Waals surface area contributed by atoms with E-state index < -0.39 is 0 Å². The third-order valence-electron chi connectivity index (χ3n) is 3.73. The molecule has 0 saturated carbocycles. The van der Waals surface area contributed by atoms with Crippen LogP contribution >= 0.6 is 0 Å². The van der Waals surface area contributed by atoms with Crippen molar-refractivity contribution in [3.05, 3.63) is 71.4 Å². The second-order valence-electron chi connectivity index (χ2n) is 5.16. The molecule has 0 aliphatic carbocycles. The van der Waals surface area contributed by atoms with Gasteiger partial charge in [-0.1, -0.05) is 18.2 Å². The predicted octanol–water partition coefficient (Wildman–Crippen LogP) is 2.18. The molecule has 0 aliphatic rings. The van der Waals surface area contributed by atoms with Gasteiger partial charge >= 0.3 is 0 Å². The summed E-state index contributed by atoms with van der Waals surface area (Å²) < 4.78 is 3.22. The average Bonchev–Trinajstić information content (AvgIpc) is 3.02. The molecule has 0 N–H and O–H groups in total. The van der Waals surface area contributed by atoms with Crippen LogP contribution in [0.2, 0.25) is 0 Å². The molecule has 0 radical (unpaired) electrons. The Labute approximate surface area is 131 Å². The molecule has 3 heterocycles. The molecule has 6 heteroatoms. The molecule has 0 saturated heterocycles. The van der Waals surface area contributed by atoms with Crippen molar-refractivity contribution in [1.29, 1.82) is 0 Å². The molecule has 4 rings (SSSR count). The normalized spacial score (nSPS) is 11.0. The van der Waals surface area contributed by atoms with Crippen LogP contribution in [0.15, 0.2) is 65.8 Å². The lowest BCUT2D eigenvalue weighted by Crippen LogP contribution is -2.19. The maximum Gasteiger partial charge on any atom is 0.284 e. The molecule has 0 atom stereocenters. The molecule has 0 amide bonds. The molecule has 1 aromatic carbocycles. The van der Waals surface area contributed by atoms with E-state index in [1.165, 1.54) is 10.9 Å². The lowest BCUT2D eigenvalue weighted by Gasteiger charge is -2.07. The van der Waals surface area contributed by atoms with Crippen LogP contribution < -0.4 is 5.56 Å². The summed E-state index contributed by atoms with van der Waals surface area (Å²) >= 11 is 0. The molecule has 23 heavy (non-hydrogen) atoms. The van der Waals surface area contributed by atoms with E-state index in [-0.39, 0.29) is 5.56 Å². The van der Waals surface area contributed by atoms with Crippen molar-refractivity contribution in [2.75, 3.05) is 0 Å². The quantitative estimate of drug-likeness (QED) is 0.569. The summed E-state index contributed by atoms with van der Waals surface area (Å²) in [4.78, 5) is 21.6. The number of aryl methyl sites for hydroxylation is 1. The first-order chi connectivity index (χ1) is 11.2. The Kier molecular flexibility index (Phi) is 3.01. The first-order valence-corrected chi connectivity index (χ1v) is 7.16. The first-order valence-electron chi connectivity index (χ1n) is 7.16. The SMILES string of the molecule is Cn1nccc1-c1ccc2ncn(-c3ccccc3)c(=O)c2n1. The van der Waals surface area contributed by atoms with E-state index >= 15 is 0 Å². The van der Waals surface area contributed by atoms with Crippen molar-refractivity contribution < 1.29 is 0 Å². The summed E-state index contributed by atoms with van der Waals surface area (Å²) in [5.41, 5.74) is 3.04. The molecule has 3 aromatic heterocycles. The Morgan fingerprint density at radius 1 is 1.00 bits per heavy atom. The van der Waals surface area contributed by atoms with Gasteiger partial charge in [-0.15, -0.1) is 0 Å². The molecule has 112 valence electrons. The summed E-state index contributed by atoms with van der Waals surface area (Å²) in [7, 11) is 1.84. The number of benzene rings is 1. The van der Waals surface area contributed by atoms with Crippen LogP contribution in [0.25, 0.3) is 28.1 Å². The fourth-order valence-corrected chi connectivity index (χ4v) is 2.54. The van der Waals surface area contributed by atoms with Crippen LogP contribution in [-0.2, 0) is 7.05 Å². The van der Waals surface area contributed by atoms with Gasteiger partial charge < -0.3 is 0 Å². The number of pyridine rings is 1. The molecule has 0 spiro atoms. The molecular formula is C17H13N5O. The largest absolute Gasteiger partial charge is 0.284 e. The van der Waals surface area contributed by atoms with Crippen molar-refractivity contribution in [3.63, 3.8) is 0 Å². The summed E-state index contributed by atoms with van der Waals surface area (Å²) in [5, 5.41) is 4.14. The maximum absolute atomic E-state index is 12.8. The Morgan fingerprint density at radius 2 is 1.83 bits per heavy atom. The van der Waals surface area contributed by atoms with E-state index in [9.17, 15) is 4.79 Å². The van der Waals surface area contributed by atoms with E-state index in [0.717, 1.165) is 11.4 Å². The molecule has 4 aromatic rings. The summed E-state index contributed by atoms with van der Waals surface area (Å²) in [5.74, 6) is 0. The van der Waals surface area contributed by atoms with Gasteiger partial charge in [-0.2, -0.15) is 5.10 Å². The third-order valence-corrected chi connectivity index (χ3v) is 3.73. The Morgan fingerprint density at radius 3 is 2.57 bits per heavy atom. The Hall–Kier alpha value is -3.28. The summed E-state index contributed by atoms with van der Waals surface area (Å²) in [6.45, 7) is 0. The van der Waals surface area contributed by atoms with Gasteiger partial charge in [0.25, 0.3) is 5.56 Å². The molecule has 0 aliphatic heterocycles. The number of aromatic nitrogens is 5. The Bertz CT molecular complexity index is 1050. The monoisotopic (exact) mass is 303 g/mol. The van der Waals surface area contributed by atoms with Crippen molar-refractivity contribution >= 4 is 11.0 Å². The Balaban J connectivity index is 1.96. The van der Waals surface area contributed by atoms with Crippen LogP contribution in [0, 0.1) is 0 Å². The van der Waals surface area contributed by atoms with E-state index in [1.54, 1.807) is 16.9 Å². The minimum atomic E-state index is -0.190. The van der Waals surface area contributed by atoms with Crippen molar-refractivity contribution in [2.24, 2.45) is 7.05 Å². The molecule has 6 nitrogen and oxygen atoms in total. The van der Waals surface area contributed by atoms with Crippen LogP contribution in [0.3, 0.4) is 0 Å². The van der Waals surface area contributed by atoms with E-state index in [2.05, 4.69) is 15.1 Å². The number of nitrogens with zero attached hydrogens (tertiary/aromatic N) is 5. The van der Waals surface area contributed by atoms with Crippen molar-refractivity contribution in [3.8, 4) is 17.1 Å². The lowest BCUT2D eigenvalue weighted by atomic mass is 10.2. The third kappa shape index (κ3) is 2.20. The van der Waals surface area contributed by atoms with Gasteiger partial charge in [-0.05, 0) is 30.3 Å². The van der Waals surface area contributed by atoms with Gasteiger partial charge in [0.2, 0.25) is 0 Å². The van der Waals surface area contributed by atoms with E-state index in [1.807, 2.05) is 49.5 Å². The zero-order valence-corrected chi connectivity index (χ0v) is 12.4. The van der Waals surface area contributed by atoms with Crippen LogP contribution in [0.5, 0.6) is 0 Å². The summed E-state index contributed by atoms with van der Waals surface area (Å²) in [6.07, 6.45) is 3.23.